The van der Waals surface area contributed by atoms with Gasteiger partial charge in [0.05, 0.1) is 0 Å². The largest absolute Gasteiger partial charge is 0.465 e. The highest BCUT2D eigenvalue weighted by molar-refractivity contribution is 9.09. The highest BCUT2D eigenvalue weighted by atomic mass is 79.9. The Morgan fingerprint density at radius 1 is 1.86 bits per heavy atom. The minimum atomic E-state index is -0.973. The first-order chi connectivity index (χ1) is 3.27. The Hall–Kier alpha value is -0.250. The summed E-state index contributed by atoms with van der Waals surface area (Å²) in [6, 6.07) is 0. The number of carbonyl (C=O) groups is 1. The molecule has 3 nitrogen and oxygen atoms in total. The summed E-state index contributed by atoms with van der Waals surface area (Å²) < 4.78 is 0. The van der Waals surface area contributed by atoms with Crippen LogP contribution in [0, 0.1) is 0 Å². The van der Waals surface area contributed by atoms with Gasteiger partial charge in [-0.2, -0.15) is 0 Å². The van der Waals surface area contributed by atoms with Gasteiger partial charge in [-0.3, -0.25) is 0 Å². The molecule has 0 spiro atoms. The lowest BCUT2D eigenvalue weighted by molar-refractivity contribution is 0.195. The van der Waals surface area contributed by atoms with Crippen LogP contribution in [-0.4, -0.2) is 23.1 Å². The minimum Gasteiger partial charge on any atom is -0.465 e. The summed E-state index contributed by atoms with van der Waals surface area (Å²) in [4.78, 5) is 9.63. The number of amides is 1. The van der Waals surface area contributed by atoms with Gasteiger partial charge in [-0.05, 0) is 0 Å². The third-order valence-corrected chi connectivity index (χ3v) is 0.767. The molecule has 1 amide bonds. The van der Waals surface area contributed by atoms with E-state index in [0.29, 0.717) is 11.9 Å². The van der Waals surface area contributed by atoms with E-state index in [0.717, 1.165) is 0 Å². The first-order valence-electron chi connectivity index (χ1n) is 1.80. The average molecular weight is 168 g/mol. The van der Waals surface area contributed by atoms with Gasteiger partial charge in [-0.25, -0.2) is 4.79 Å². The van der Waals surface area contributed by atoms with Crippen molar-refractivity contribution in [2.45, 2.75) is 0 Å². The molecule has 2 N–H and O–H groups in total. The zero-order valence-electron chi connectivity index (χ0n) is 3.65. The third-order valence-electron chi connectivity index (χ3n) is 0.371. The van der Waals surface area contributed by atoms with Gasteiger partial charge in [0.25, 0.3) is 0 Å². The van der Waals surface area contributed by atoms with Crippen molar-refractivity contribution in [1.29, 1.82) is 0 Å². The van der Waals surface area contributed by atoms with E-state index < -0.39 is 6.09 Å². The van der Waals surface area contributed by atoms with E-state index in [9.17, 15) is 4.79 Å². The summed E-state index contributed by atoms with van der Waals surface area (Å²) in [5, 5.41) is 10.7. The van der Waals surface area contributed by atoms with Crippen molar-refractivity contribution in [3.63, 3.8) is 0 Å². The van der Waals surface area contributed by atoms with Crippen LogP contribution in [0.5, 0.6) is 0 Å². The summed E-state index contributed by atoms with van der Waals surface area (Å²) in [6.07, 6.45) is -0.973. The Bertz CT molecular complexity index is 66.0. The number of hydrogen-bond donors (Lipinski definition) is 2. The Morgan fingerprint density at radius 2 is 2.43 bits per heavy atom. The van der Waals surface area contributed by atoms with Gasteiger partial charge in [0.2, 0.25) is 0 Å². The minimum absolute atomic E-state index is 0.468. The first-order valence-corrected chi connectivity index (χ1v) is 2.92. The van der Waals surface area contributed by atoms with Crippen LogP contribution in [0.1, 0.15) is 0 Å². The van der Waals surface area contributed by atoms with Crippen molar-refractivity contribution in [2.24, 2.45) is 0 Å². The molecule has 0 aliphatic carbocycles. The summed E-state index contributed by atoms with van der Waals surface area (Å²) in [7, 11) is 0. The fourth-order valence-corrected chi connectivity index (χ4v) is 0.352. The molecule has 0 rings (SSSR count). The van der Waals surface area contributed by atoms with Crippen LogP contribution < -0.4 is 5.32 Å². The molecule has 0 bridgehead atoms. The molecule has 0 atom stereocenters. The first kappa shape index (κ1) is 6.75. The summed E-state index contributed by atoms with van der Waals surface area (Å²) in [6.45, 7) is 0.468. The van der Waals surface area contributed by atoms with E-state index in [1.165, 1.54) is 0 Å². The molecule has 0 saturated carbocycles. The maximum Gasteiger partial charge on any atom is 0.404 e. The van der Waals surface area contributed by atoms with Crippen LogP contribution in [0.2, 0.25) is 0 Å². The summed E-state index contributed by atoms with van der Waals surface area (Å²) >= 11 is 3.05. The predicted molar refractivity (Wildman–Crippen MR) is 29.8 cm³/mol. The van der Waals surface area contributed by atoms with Gasteiger partial charge in [0, 0.05) is 11.9 Å². The molecule has 42 valence electrons. The van der Waals surface area contributed by atoms with Crippen LogP contribution in [0.3, 0.4) is 0 Å². The normalized spacial score (nSPS) is 8.14. The second kappa shape index (κ2) is 3.92. The summed E-state index contributed by atoms with van der Waals surface area (Å²) in [5.74, 6) is 0. The molecular formula is C3H6BrNO2. The Labute approximate surface area is 49.8 Å². The highest BCUT2D eigenvalue weighted by Crippen LogP contribution is 1.73. The van der Waals surface area contributed by atoms with Crippen molar-refractivity contribution >= 4 is 22.0 Å². The van der Waals surface area contributed by atoms with Crippen LogP contribution >= 0.6 is 15.9 Å². The second-order valence-corrected chi connectivity index (χ2v) is 1.71. The van der Waals surface area contributed by atoms with Crippen LogP contribution in [-0.2, 0) is 0 Å². The highest BCUT2D eigenvalue weighted by Gasteiger charge is 1.87. The molecule has 0 unspecified atom stereocenters. The van der Waals surface area contributed by atoms with Gasteiger partial charge in [0.15, 0.2) is 0 Å². The van der Waals surface area contributed by atoms with E-state index in [4.69, 9.17) is 5.11 Å². The van der Waals surface area contributed by atoms with E-state index >= 15 is 0 Å². The van der Waals surface area contributed by atoms with Crippen LogP contribution in [0.15, 0.2) is 0 Å². The molecule has 0 aromatic rings. The van der Waals surface area contributed by atoms with Gasteiger partial charge < -0.3 is 10.4 Å². The number of rotatable bonds is 2. The zero-order chi connectivity index (χ0) is 5.70. The predicted octanol–water partition coefficient (Wildman–Crippen LogP) is 0.649. The zero-order valence-corrected chi connectivity index (χ0v) is 5.23. The quantitative estimate of drug-likeness (QED) is 0.594. The molecule has 0 aromatic carbocycles. The standard InChI is InChI=1S/C3H6BrNO2/c4-1-2-5-3(6)7/h5H,1-2H2,(H,6,7). The molecule has 0 heterocycles. The molecule has 7 heavy (non-hydrogen) atoms. The SMILES string of the molecule is O=C(O)NCCBr. The third kappa shape index (κ3) is 5.75. The average Bonchev–Trinajstić information content (AvgIpc) is 1.61. The van der Waals surface area contributed by atoms with Crippen molar-refractivity contribution in [1.82, 2.24) is 5.32 Å². The Kier molecular flexibility index (Phi) is 3.78. The molecule has 0 saturated heterocycles. The van der Waals surface area contributed by atoms with Crippen molar-refractivity contribution < 1.29 is 9.90 Å². The van der Waals surface area contributed by atoms with Gasteiger partial charge in [-0.15, -0.1) is 0 Å². The van der Waals surface area contributed by atoms with Gasteiger partial charge in [0.1, 0.15) is 0 Å². The molecule has 0 fully saturated rings. The van der Waals surface area contributed by atoms with Crippen molar-refractivity contribution in [3.05, 3.63) is 0 Å². The molecule has 4 heteroatoms. The lowest BCUT2D eigenvalue weighted by atomic mass is 10.8. The lowest BCUT2D eigenvalue weighted by Gasteiger charge is -1.90. The smallest absolute Gasteiger partial charge is 0.404 e. The fraction of sp³-hybridized carbons (Fsp3) is 0.667. The molecule has 0 aromatic heterocycles. The number of carboxylic acid groups (broad SMARTS) is 1. The van der Waals surface area contributed by atoms with E-state index in [-0.39, 0.29) is 0 Å². The Balaban J connectivity index is 2.82. The topological polar surface area (TPSA) is 49.3 Å². The maximum atomic E-state index is 9.63. The monoisotopic (exact) mass is 167 g/mol. The number of alkyl halides is 1. The Morgan fingerprint density at radius 3 is 2.57 bits per heavy atom. The summed E-state index contributed by atoms with van der Waals surface area (Å²) in [5.41, 5.74) is 0. The van der Waals surface area contributed by atoms with E-state index in [1.54, 1.807) is 0 Å². The van der Waals surface area contributed by atoms with E-state index in [2.05, 4.69) is 21.2 Å². The van der Waals surface area contributed by atoms with Gasteiger partial charge in [-0.1, -0.05) is 15.9 Å². The number of nitrogens with one attached hydrogen (secondary N) is 1. The number of hydrogen-bond acceptors (Lipinski definition) is 1. The second-order valence-electron chi connectivity index (χ2n) is 0.921. The maximum absolute atomic E-state index is 9.63. The van der Waals surface area contributed by atoms with Crippen molar-refractivity contribution in [3.8, 4) is 0 Å². The number of halogens is 1. The van der Waals surface area contributed by atoms with Crippen molar-refractivity contribution in [2.75, 3.05) is 11.9 Å². The molecule has 0 aliphatic rings. The molecular weight excluding hydrogens is 162 g/mol. The lowest BCUT2D eigenvalue weighted by Crippen LogP contribution is -2.22. The van der Waals surface area contributed by atoms with Crippen LogP contribution in [0.25, 0.3) is 0 Å². The molecule has 0 radical (unpaired) electrons. The van der Waals surface area contributed by atoms with Gasteiger partial charge >= 0.3 is 6.09 Å². The molecule has 0 aliphatic heterocycles. The fourth-order valence-electron chi connectivity index (χ4n) is 0.154. The van der Waals surface area contributed by atoms with Crippen LogP contribution in [0.4, 0.5) is 4.79 Å². The van der Waals surface area contributed by atoms with E-state index in [1.807, 2.05) is 0 Å².